The molecule has 2 amide bonds. The molecule has 0 saturated carbocycles. The molecule has 1 aromatic rings. The Labute approximate surface area is 193 Å². The molecule has 3 heterocycles. The largest absolute Gasteiger partial charge is 0.490 e. The van der Waals surface area contributed by atoms with Crippen LogP contribution in [0.2, 0.25) is 0 Å². The van der Waals surface area contributed by atoms with Gasteiger partial charge in [0.2, 0.25) is 11.8 Å². The molecule has 0 spiro atoms. The van der Waals surface area contributed by atoms with E-state index in [2.05, 4.69) is 0 Å². The Kier molecular flexibility index (Phi) is 8.16. The molecule has 0 N–H and O–H groups in total. The Morgan fingerprint density at radius 3 is 2.48 bits per heavy atom. The molecule has 182 valence electrons. The Hall–Kier alpha value is -2.23. The summed E-state index contributed by atoms with van der Waals surface area (Å²) in [5.41, 5.74) is -0.981. The molecule has 2 atom stereocenters. The van der Waals surface area contributed by atoms with Crippen molar-refractivity contribution in [1.82, 2.24) is 9.80 Å². The maximum atomic E-state index is 13.3. The van der Waals surface area contributed by atoms with Gasteiger partial charge in [0.25, 0.3) is 0 Å². The minimum atomic E-state index is -0.981. The zero-order valence-corrected chi connectivity index (χ0v) is 19.0. The number of morpholine rings is 2. The van der Waals surface area contributed by atoms with Gasteiger partial charge in [0.1, 0.15) is 23.8 Å². The molecule has 1 aromatic carbocycles. The first kappa shape index (κ1) is 23.9. The van der Waals surface area contributed by atoms with Crippen LogP contribution in [-0.2, 0) is 23.8 Å². The van der Waals surface area contributed by atoms with E-state index in [-0.39, 0.29) is 43.3 Å². The van der Waals surface area contributed by atoms with Gasteiger partial charge in [0.15, 0.2) is 0 Å². The van der Waals surface area contributed by atoms with Crippen LogP contribution < -0.4 is 4.74 Å². The van der Waals surface area contributed by atoms with E-state index in [4.69, 9.17) is 18.9 Å². The highest BCUT2D eigenvalue weighted by Crippen LogP contribution is 2.27. The third kappa shape index (κ3) is 6.65. The van der Waals surface area contributed by atoms with Crippen LogP contribution in [-0.4, -0.2) is 92.5 Å². The van der Waals surface area contributed by atoms with Crippen LogP contribution in [0.4, 0.5) is 4.39 Å². The predicted octanol–water partition coefficient (Wildman–Crippen LogP) is 2.01. The SMILES string of the molecule is O=C(C[C@]1(COc2ccc(F)cc2)CN(C(=O)C[C@H]2CCCCO2)CCO1)N1CCOCC1. The van der Waals surface area contributed by atoms with Crippen molar-refractivity contribution < 1.29 is 32.9 Å². The molecule has 3 saturated heterocycles. The minimum Gasteiger partial charge on any atom is -0.490 e. The van der Waals surface area contributed by atoms with Crippen molar-refractivity contribution in [2.45, 2.75) is 43.8 Å². The number of hydrogen-bond donors (Lipinski definition) is 0. The van der Waals surface area contributed by atoms with Gasteiger partial charge < -0.3 is 28.7 Å². The zero-order chi connectivity index (χ0) is 23.1. The van der Waals surface area contributed by atoms with Crippen molar-refractivity contribution in [3.05, 3.63) is 30.1 Å². The van der Waals surface area contributed by atoms with Gasteiger partial charge >= 0.3 is 0 Å². The Bertz CT molecular complexity index is 795. The summed E-state index contributed by atoms with van der Waals surface area (Å²) >= 11 is 0. The highest BCUT2D eigenvalue weighted by atomic mass is 19.1. The molecule has 3 aliphatic heterocycles. The molecule has 33 heavy (non-hydrogen) atoms. The molecule has 0 radical (unpaired) electrons. The molecule has 0 bridgehead atoms. The number of carbonyl (C=O) groups is 2. The standard InChI is InChI=1S/C24H33FN2O6/c25-19-4-6-20(7-5-19)32-18-24(16-23(29)26-8-12-30-13-9-26)17-27(10-14-33-24)22(28)15-21-3-1-2-11-31-21/h4-7,21H,1-3,8-18H2/t21-,24-/m1/s1. The van der Waals surface area contributed by atoms with Gasteiger partial charge in [-0.25, -0.2) is 4.39 Å². The number of benzene rings is 1. The highest BCUT2D eigenvalue weighted by molar-refractivity contribution is 5.79. The fraction of sp³-hybridized carbons (Fsp3) is 0.667. The molecule has 9 heteroatoms. The Balaban J connectivity index is 1.44. The van der Waals surface area contributed by atoms with E-state index < -0.39 is 5.60 Å². The van der Waals surface area contributed by atoms with E-state index in [0.29, 0.717) is 58.2 Å². The van der Waals surface area contributed by atoms with E-state index in [1.807, 2.05) is 0 Å². The van der Waals surface area contributed by atoms with E-state index >= 15 is 0 Å². The van der Waals surface area contributed by atoms with Crippen LogP contribution in [0.25, 0.3) is 0 Å². The van der Waals surface area contributed by atoms with E-state index in [9.17, 15) is 14.0 Å². The Morgan fingerprint density at radius 1 is 1.00 bits per heavy atom. The second kappa shape index (κ2) is 11.3. The number of nitrogens with zero attached hydrogens (tertiary/aromatic N) is 2. The fourth-order valence-electron chi connectivity index (χ4n) is 4.54. The average molecular weight is 465 g/mol. The number of rotatable bonds is 7. The third-order valence-electron chi connectivity index (χ3n) is 6.43. The summed E-state index contributed by atoms with van der Waals surface area (Å²) in [6.07, 6.45) is 3.39. The van der Waals surface area contributed by atoms with Gasteiger partial charge in [-0.05, 0) is 43.5 Å². The Morgan fingerprint density at radius 2 is 1.76 bits per heavy atom. The molecule has 0 unspecified atom stereocenters. The summed E-state index contributed by atoms with van der Waals surface area (Å²) < 4.78 is 36.4. The monoisotopic (exact) mass is 464 g/mol. The molecule has 0 aliphatic carbocycles. The molecule has 8 nitrogen and oxygen atoms in total. The second-order valence-corrected chi connectivity index (χ2v) is 8.95. The molecule has 0 aromatic heterocycles. The quantitative estimate of drug-likeness (QED) is 0.615. The first-order chi connectivity index (χ1) is 16.0. The van der Waals surface area contributed by atoms with Crippen molar-refractivity contribution in [1.29, 1.82) is 0 Å². The summed E-state index contributed by atoms with van der Waals surface area (Å²) in [5, 5.41) is 0. The average Bonchev–Trinajstić information content (AvgIpc) is 2.85. The van der Waals surface area contributed by atoms with Crippen LogP contribution in [0, 0.1) is 5.82 Å². The maximum Gasteiger partial charge on any atom is 0.225 e. The lowest BCUT2D eigenvalue weighted by Crippen LogP contribution is -2.59. The van der Waals surface area contributed by atoms with Crippen molar-refractivity contribution >= 4 is 11.8 Å². The number of hydrogen-bond acceptors (Lipinski definition) is 6. The first-order valence-electron chi connectivity index (χ1n) is 11.8. The fourth-order valence-corrected chi connectivity index (χ4v) is 4.54. The van der Waals surface area contributed by atoms with Crippen LogP contribution >= 0.6 is 0 Å². The highest BCUT2D eigenvalue weighted by Gasteiger charge is 2.42. The van der Waals surface area contributed by atoms with Crippen molar-refractivity contribution in [3.8, 4) is 5.75 Å². The van der Waals surface area contributed by atoms with Crippen LogP contribution in [0.15, 0.2) is 24.3 Å². The minimum absolute atomic E-state index is 0.00942. The molecular weight excluding hydrogens is 431 g/mol. The normalized spacial score (nSPS) is 26.2. The third-order valence-corrected chi connectivity index (χ3v) is 6.43. The van der Waals surface area contributed by atoms with E-state index in [0.717, 1.165) is 19.3 Å². The van der Waals surface area contributed by atoms with Gasteiger partial charge in [-0.3, -0.25) is 9.59 Å². The summed E-state index contributed by atoms with van der Waals surface area (Å²) in [7, 11) is 0. The first-order valence-corrected chi connectivity index (χ1v) is 11.8. The molecule has 3 aliphatic rings. The smallest absolute Gasteiger partial charge is 0.225 e. The van der Waals surface area contributed by atoms with Crippen molar-refractivity contribution in [3.63, 3.8) is 0 Å². The lowest BCUT2D eigenvalue weighted by molar-refractivity contribution is -0.168. The topological polar surface area (TPSA) is 77.5 Å². The number of amides is 2. The van der Waals surface area contributed by atoms with Gasteiger partial charge in [-0.2, -0.15) is 0 Å². The summed E-state index contributed by atoms with van der Waals surface area (Å²) in [5.74, 6) is 0.0912. The van der Waals surface area contributed by atoms with Gasteiger partial charge in [0, 0.05) is 26.2 Å². The lowest BCUT2D eigenvalue weighted by Gasteiger charge is -2.43. The van der Waals surface area contributed by atoms with Crippen molar-refractivity contribution in [2.75, 3.05) is 59.2 Å². The van der Waals surface area contributed by atoms with Gasteiger partial charge in [-0.15, -0.1) is 0 Å². The molecular formula is C24H33FN2O6. The van der Waals surface area contributed by atoms with Crippen LogP contribution in [0.1, 0.15) is 32.1 Å². The summed E-state index contributed by atoms with van der Waals surface area (Å²) in [6, 6.07) is 5.73. The van der Waals surface area contributed by atoms with Gasteiger partial charge in [0.05, 0.1) is 45.3 Å². The van der Waals surface area contributed by atoms with Gasteiger partial charge in [-0.1, -0.05) is 0 Å². The van der Waals surface area contributed by atoms with E-state index in [1.54, 1.807) is 21.9 Å². The lowest BCUT2D eigenvalue weighted by atomic mass is 9.96. The number of halogens is 1. The maximum absolute atomic E-state index is 13.3. The summed E-state index contributed by atoms with van der Waals surface area (Å²) in [6.45, 7) is 3.93. The molecule has 4 rings (SSSR count). The second-order valence-electron chi connectivity index (χ2n) is 8.95. The molecule has 3 fully saturated rings. The van der Waals surface area contributed by atoms with Crippen molar-refractivity contribution in [2.24, 2.45) is 0 Å². The number of carbonyl (C=O) groups excluding carboxylic acids is 2. The predicted molar refractivity (Wildman–Crippen MR) is 117 cm³/mol. The zero-order valence-electron chi connectivity index (χ0n) is 19.0. The van der Waals surface area contributed by atoms with E-state index in [1.165, 1.54) is 12.1 Å². The number of ether oxygens (including phenoxy) is 4. The summed E-state index contributed by atoms with van der Waals surface area (Å²) in [4.78, 5) is 29.7. The van der Waals surface area contributed by atoms with Crippen LogP contribution in [0.5, 0.6) is 5.75 Å². The van der Waals surface area contributed by atoms with Crippen LogP contribution in [0.3, 0.4) is 0 Å².